The molecule has 3 heteroatoms. The second-order valence-electron chi connectivity index (χ2n) is 5.38. The molecule has 0 unspecified atom stereocenters. The van der Waals surface area contributed by atoms with Crippen LogP contribution < -0.4 is 10.6 Å². The molecular weight excluding hydrogens is 260 g/mol. The normalized spacial score (nSPS) is 10.6. The van der Waals surface area contributed by atoms with Crippen molar-refractivity contribution in [3.63, 3.8) is 0 Å². The number of nitrogens with two attached hydrogens (primary N) is 1. The molecule has 0 aliphatic heterocycles. The summed E-state index contributed by atoms with van der Waals surface area (Å²) >= 11 is 0. The van der Waals surface area contributed by atoms with Gasteiger partial charge in [-0.15, -0.1) is 0 Å². The van der Waals surface area contributed by atoms with Gasteiger partial charge in [-0.05, 0) is 48.7 Å². The molecule has 0 aliphatic rings. The minimum absolute atomic E-state index is 0.0923. The third-order valence-electron chi connectivity index (χ3n) is 3.58. The first-order valence-corrected chi connectivity index (χ1v) is 7.43. The van der Waals surface area contributed by atoms with Gasteiger partial charge < -0.3 is 15.7 Å². The highest BCUT2D eigenvalue weighted by atomic mass is 16.3. The van der Waals surface area contributed by atoms with Gasteiger partial charge in [0.1, 0.15) is 0 Å². The summed E-state index contributed by atoms with van der Waals surface area (Å²) < 4.78 is 0. The lowest BCUT2D eigenvalue weighted by Crippen LogP contribution is -2.25. The summed E-state index contributed by atoms with van der Waals surface area (Å²) in [4.78, 5) is 2.35. The van der Waals surface area contributed by atoms with Crippen LogP contribution in [0.25, 0.3) is 0 Å². The van der Waals surface area contributed by atoms with Crippen molar-refractivity contribution in [2.24, 2.45) is 5.73 Å². The van der Waals surface area contributed by atoms with Gasteiger partial charge in [0.05, 0.1) is 6.61 Å². The number of nitrogens with zero attached hydrogens (tertiary/aromatic N) is 1. The largest absolute Gasteiger partial charge is 0.392 e. The number of anilines is 1. The summed E-state index contributed by atoms with van der Waals surface area (Å²) in [5.74, 6) is 0. The highest BCUT2D eigenvalue weighted by Crippen LogP contribution is 2.19. The minimum atomic E-state index is 0.0923. The Kier molecular flexibility index (Phi) is 5.78. The molecule has 2 aromatic rings. The van der Waals surface area contributed by atoms with Gasteiger partial charge in [0, 0.05) is 18.8 Å². The lowest BCUT2D eigenvalue weighted by atomic mass is 10.1. The molecular formula is C18H24N2O. The van der Waals surface area contributed by atoms with Gasteiger partial charge in [-0.25, -0.2) is 0 Å². The summed E-state index contributed by atoms with van der Waals surface area (Å²) in [5, 5.41) is 9.11. The van der Waals surface area contributed by atoms with Gasteiger partial charge in [0.25, 0.3) is 0 Å². The van der Waals surface area contributed by atoms with Crippen LogP contribution in [0.5, 0.6) is 0 Å². The zero-order chi connectivity index (χ0) is 15.1. The molecule has 3 nitrogen and oxygen atoms in total. The first-order chi connectivity index (χ1) is 10.2. The summed E-state index contributed by atoms with van der Waals surface area (Å²) in [7, 11) is 0. The maximum Gasteiger partial charge on any atom is 0.0681 e. The molecule has 2 aromatic carbocycles. The molecule has 2 rings (SSSR count). The Morgan fingerprint density at radius 3 is 2.38 bits per heavy atom. The molecule has 0 atom stereocenters. The second-order valence-corrected chi connectivity index (χ2v) is 5.38. The van der Waals surface area contributed by atoms with Crippen LogP contribution in [0.4, 0.5) is 5.69 Å². The van der Waals surface area contributed by atoms with Crippen molar-refractivity contribution in [2.45, 2.75) is 26.5 Å². The van der Waals surface area contributed by atoms with E-state index >= 15 is 0 Å². The summed E-state index contributed by atoms with van der Waals surface area (Å²) in [6.07, 6.45) is 0.975. The Labute approximate surface area is 127 Å². The molecule has 0 saturated carbocycles. The first-order valence-electron chi connectivity index (χ1n) is 7.43. The van der Waals surface area contributed by atoms with Crippen LogP contribution in [0.15, 0.2) is 48.5 Å². The predicted molar refractivity (Wildman–Crippen MR) is 88.3 cm³/mol. The van der Waals surface area contributed by atoms with Gasteiger partial charge in [-0.1, -0.05) is 36.4 Å². The molecule has 112 valence electrons. The van der Waals surface area contributed by atoms with Gasteiger partial charge in [-0.3, -0.25) is 0 Å². The van der Waals surface area contributed by atoms with Crippen molar-refractivity contribution >= 4 is 5.69 Å². The van der Waals surface area contributed by atoms with Gasteiger partial charge in [0.2, 0.25) is 0 Å². The van der Waals surface area contributed by atoms with Crippen molar-refractivity contribution in [1.29, 1.82) is 0 Å². The second kappa shape index (κ2) is 7.81. The molecule has 0 radical (unpaired) electrons. The quantitative estimate of drug-likeness (QED) is 0.822. The fourth-order valence-corrected chi connectivity index (χ4v) is 2.38. The van der Waals surface area contributed by atoms with Crippen molar-refractivity contribution in [3.05, 3.63) is 65.2 Å². The zero-order valence-corrected chi connectivity index (χ0v) is 12.6. The monoisotopic (exact) mass is 284 g/mol. The van der Waals surface area contributed by atoms with E-state index in [0.717, 1.165) is 25.1 Å². The first kappa shape index (κ1) is 15.5. The molecule has 0 bridgehead atoms. The van der Waals surface area contributed by atoms with Crippen molar-refractivity contribution in [3.8, 4) is 0 Å². The van der Waals surface area contributed by atoms with Crippen molar-refractivity contribution in [1.82, 2.24) is 0 Å². The molecule has 3 N–H and O–H groups in total. The lowest BCUT2D eigenvalue weighted by molar-refractivity contribution is 0.282. The van der Waals surface area contributed by atoms with E-state index in [4.69, 9.17) is 10.8 Å². The Morgan fingerprint density at radius 2 is 1.76 bits per heavy atom. The van der Waals surface area contributed by atoms with E-state index in [9.17, 15) is 0 Å². The van der Waals surface area contributed by atoms with Crippen LogP contribution >= 0.6 is 0 Å². The van der Waals surface area contributed by atoms with E-state index in [1.165, 1.54) is 16.8 Å². The third-order valence-corrected chi connectivity index (χ3v) is 3.58. The van der Waals surface area contributed by atoms with Crippen LogP contribution in [0.3, 0.4) is 0 Å². The van der Waals surface area contributed by atoms with E-state index in [2.05, 4.69) is 48.2 Å². The number of aryl methyl sites for hydroxylation is 1. The van der Waals surface area contributed by atoms with Gasteiger partial charge >= 0.3 is 0 Å². The van der Waals surface area contributed by atoms with Gasteiger partial charge in [0.15, 0.2) is 0 Å². The molecule has 0 amide bonds. The minimum Gasteiger partial charge on any atom is -0.392 e. The number of hydrogen-bond acceptors (Lipinski definition) is 3. The van der Waals surface area contributed by atoms with Crippen LogP contribution in [0, 0.1) is 6.92 Å². The maximum atomic E-state index is 9.11. The topological polar surface area (TPSA) is 49.5 Å². The number of aliphatic hydroxyl groups excluding tert-OH is 1. The predicted octanol–water partition coefficient (Wildman–Crippen LogP) is 2.84. The highest BCUT2D eigenvalue weighted by molar-refractivity contribution is 5.49. The number of benzene rings is 2. The summed E-state index contributed by atoms with van der Waals surface area (Å²) in [6, 6.07) is 16.7. The Bertz CT molecular complexity index is 551. The zero-order valence-electron chi connectivity index (χ0n) is 12.6. The van der Waals surface area contributed by atoms with E-state index in [1.807, 2.05) is 12.1 Å². The maximum absolute atomic E-state index is 9.11. The lowest BCUT2D eigenvalue weighted by Gasteiger charge is -2.25. The summed E-state index contributed by atoms with van der Waals surface area (Å²) in [5.41, 5.74) is 10.3. The Balaban J connectivity index is 2.15. The van der Waals surface area contributed by atoms with Crippen LogP contribution in [0.2, 0.25) is 0 Å². The smallest absolute Gasteiger partial charge is 0.0681 e. The highest BCUT2D eigenvalue weighted by Gasteiger charge is 2.07. The summed E-state index contributed by atoms with van der Waals surface area (Å²) in [6.45, 7) is 4.71. The molecule has 0 aromatic heterocycles. The van der Waals surface area contributed by atoms with E-state index in [0.29, 0.717) is 6.54 Å². The van der Waals surface area contributed by atoms with E-state index < -0.39 is 0 Å². The number of hydrogen-bond donors (Lipinski definition) is 2. The molecule has 0 fully saturated rings. The standard InChI is InChI=1S/C18H24N2O/c1-15-4-2-5-18(12-15)20(11-3-10-19)13-16-6-8-17(14-21)9-7-16/h2,4-9,12,21H,3,10-11,13-14,19H2,1H3. The molecule has 21 heavy (non-hydrogen) atoms. The van der Waals surface area contributed by atoms with Crippen LogP contribution in [-0.4, -0.2) is 18.2 Å². The molecule has 0 heterocycles. The average Bonchev–Trinajstić information content (AvgIpc) is 2.52. The van der Waals surface area contributed by atoms with Crippen LogP contribution in [-0.2, 0) is 13.2 Å². The number of aliphatic hydroxyl groups is 1. The number of rotatable bonds is 7. The fourth-order valence-electron chi connectivity index (χ4n) is 2.38. The Hall–Kier alpha value is -1.84. The fraction of sp³-hybridized carbons (Fsp3) is 0.333. The average molecular weight is 284 g/mol. The molecule has 0 aliphatic carbocycles. The SMILES string of the molecule is Cc1cccc(N(CCCN)Cc2ccc(CO)cc2)c1. The van der Waals surface area contributed by atoms with E-state index in [-0.39, 0.29) is 6.61 Å². The van der Waals surface area contributed by atoms with Gasteiger partial charge in [-0.2, -0.15) is 0 Å². The molecule has 0 spiro atoms. The van der Waals surface area contributed by atoms with Crippen LogP contribution in [0.1, 0.15) is 23.1 Å². The van der Waals surface area contributed by atoms with Crippen molar-refractivity contribution < 1.29 is 5.11 Å². The Morgan fingerprint density at radius 1 is 1.05 bits per heavy atom. The van der Waals surface area contributed by atoms with Crippen molar-refractivity contribution in [2.75, 3.05) is 18.0 Å². The third kappa shape index (κ3) is 4.59. The molecule has 0 saturated heterocycles. The van der Waals surface area contributed by atoms with E-state index in [1.54, 1.807) is 0 Å².